The first-order chi connectivity index (χ1) is 15.8. The number of imidazole rings is 1. The van der Waals surface area contributed by atoms with E-state index in [1.165, 1.54) is 5.52 Å². The van der Waals surface area contributed by atoms with E-state index in [0.29, 0.717) is 6.61 Å². The van der Waals surface area contributed by atoms with Gasteiger partial charge in [-0.15, -0.1) is 0 Å². The fraction of sp³-hybridized carbons (Fsp3) is 0.481. The van der Waals surface area contributed by atoms with Crippen LogP contribution in [0.2, 0.25) is 5.02 Å². The first-order valence-corrected chi connectivity index (χ1v) is 12.3. The third-order valence-electron chi connectivity index (χ3n) is 5.64. The van der Waals surface area contributed by atoms with Gasteiger partial charge in [0, 0.05) is 29.9 Å². The normalized spacial score (nSPS) is 11.6. The highest BCUT2D eigenvalue weighted by Crippen LogP contribution is 2.20. The molecule has 0 unspecified atom stereocenters. The van der Waals surface area contributed by atoms with Crippen LogP contribution in [0.25, 0.3) is 11.0 Å². The Bertz CT molecular complexity index is 1020. The van der Waals surface area contributed by atoms with Crippen molar-refractivity contribution in [1.29, 1.82) is 0 Å². The maximum atomic E-state index is 12.0. The van der Waals surface area contributed by atoms with Crippen LogP contribution in [0.4, 0.5) is 0 Å². The molecule has 0 spiro atoms. The van der Waals surface area contributed by atoms with E-state index < -0.39 is 0 Å². The predicted molar refractivity (Wildman–Crippen MR) is 136 cm³/mol. The number of hydrogen-bond acceptors (Lipinski definition) is 3. The van der Waals surface area contributed by atoms with Crippen molar-refractivity contribution in [2.45, 2.75) is 65.8 Å². The zero-order valence-electron chi connectivity index (χ0n) is 20.1. The van der Waals surface area contributed by atoms with Crippen molar-refractivity contribution in [1.82, 2.24) is 14.9 Å². The van der Waals surface area contributed by atoms with Crippen LogP contribution in [0.5, 0.6) is 5.75 Å². The second kappa shape index (κ2) is 12.1. The summed E-state index contributed by atoms with van der Waals surface area (Å²) < 4.78 is 8.18. The Morgan fingerprint density at radius 3 is 2.52 bits per heavy atom. The number of rotatable bonds is 12. The summed E-state index contributed by atoms with van der Waals surface area (Å²) in [6.45, 7) is 8.18. The van der Waals surface area contributed by atoms with E-state index >= 15 is 0 Å². The Balaban J connectivity index is 1.45. The van der Waals surface area contributed by atoms with E-state index in [4.69, 9.17) is 21.3 Å². The molecule has 3 aromatic rings. The maximum absolute atomic E-state index is 12.0. The number of benzene rings is 2. The van der Waals surface area contributed by atoms with Gasteiger partial charge in [0.05, 0.1) is 17.6 Å². The molecule has 0 radical (unpaired) electrons. The van der Waals surface area contributed by atoms with Gasteiger partial charge in [0.25, 0.3) is 0 Å². The molecule has 3 rings (SSSR count). The maximum Gasteiger partial charge on any atom is 0.225 e. The summed E-state index contributed by atoms with van der Waals surface area (Å²) in [7, 11) is 0. The second-order valence-corrected chi connectivity index (χ2v) is 9.93. The lowest BCUT2D eigenvalue weighted by Crippen LogP contribution is -2.35. The van der Waals surface area contributed by atoms with Gasteiger partial charge < -0.3 is 14.6 Å². The molecule has 0 bridgehead atoms. The number of carbonyl (C=O) groups is 1. The highest BCUT2D eigenvalue weighted by atomic mass is 35.5. The van der Waals surface area contributed by atoms with Crippen LogP contribution in [-0.2, 0) is 17.8 Å². The first kappa shape index (κ1) is 25.1. The van der Waals surface area contributed by atoms with Gasteiger partial charge in [-0.3, -0.25) is 4.79 Å². The van der Waals surface area contributed by atoms with Crippen LogP contribution in [-0.4, -0.2) is 28.6 Å². The molecule has 1 N–H and O–H groups in total. The summed E-state index contributed by atoms with van der Waals surface area (Å²) in [5.74, 6) is 2.12. The predicted octanol–water partition coefficient (Wildman–Crippen LogP) is 6.42. The number of aromatic nitrogens is 2. The van der Waals surface area contributed by atoms with E-state index in [0.717, 1.165) is 73.7 Å². The lowest BCUT2D eigenvalue weighted by atomic mass is 9.96. The molecule has 1 amide bonds. The van der Waals surface area contributed by atoms with Crippen molar-refractivity contribution < 1.29 is 9.53 Å². The fourth-order valence-corrected chi connectivity index (χ4v) is 3.84. The summed E-state index contributed by atoms with van der Waals surface area (Å²) in [5.41, 5.74) is 1.93. The summed E-state index contributed by atoms with van der Waals surface area (Å²) in [6, 6.07) is 15.8. The van der Waals surface area contributed by atoms with E-state index in [-0.39, 0.29) is 11.3 Å². The molecule has 1 heterocycles. The Morgan fingerprint density at radius 2 is 1.76 bits per heavy atom. The Morgan fingerprint density at radius 1 is 1.00 bits per heavy atom. The zero-order valence-corrected chi connectivity index (χ0v) is 20.8. The summed E-state index contributed by atoms with van der Waals surface area (Å²) >= 11 is 5.92. The van der Waals surface area contributed by atoms with Crippen molar-refractivity contribution >= 4 is 28.5 Å². The molecule has 5 nitrogen and oxygen atoms in total. The molecule has 1 aromatic heterocycles. The number of hydrogen-bond donors (Lipinski definition) is 1. The molecule has 0 fully saturated rings. The van der Waals surface area contributed by atoms with Gasteiger partial charge >= 0.3 is 0 Å². The topological polar surface area (TPSA) is 56.2 Å². The molecular weight excluding hydrogens is 434 g/mol. The molecule has 178 valence electrons. The van der Waals surface area contributed by atoms with Crippen LogP contribution >= 0.6 is 11.6 Å². The van der Waals surface area contributed by atoms with Gasteiger partial charge in [-0.25, -0.2) is 4.98 Å². The third kappa shape index (κ3) is 7.78. The highest BCUT2D eigenvalue weighted by molar-refractivity contribution is 6.30. The quantitative estimate of drug-likeness (QED) is 0.311. The number of aryl methyl sites for hydroxylation is 2. The summed E-state index contributed by atoms with van der Waals surface area (Å²) in [5, 5.41) is 3.75. The van der Waals surface area contributed by atoms with Crippen molar-refractivity contribution in [3.05, 3.63) is 59.4 Å². The second-order valence-electron chi connectivity index (χ2n) is 9.49. The minimum Gasteiger partial charge on any atom is -0.494 e. The van der Waals surface area contributed by atoms with E-state index in [1.807, 2.05) is 51.1 Å². The lowest BCUT2D eigenvalue weighted by molar-refractivity contribution is -0.128. The smallest absolute Gasteiger partial charge is 0.225 e. The van der Waals surface area contributed by atoms with Crippen molar-refractivity contribution in [2.24, 2.45) is 5.41 Å². The number of amides is 1. The number of ether oxygens (including phenoxy) is 1. The highest BCUT2D eigenvalue weighted by Gasteiger charge is 2.20. The van der Waals surface area contributed by atoms with Gasteiger partial charge in [-0.1, -0.05) is 50.9 Å². The van der Waals surface area contributed by atoms with E-state index in [9.17, 15) is 4.79 Å². The van der Waals surface area contributed by atoms with Crippen LogP contribution in [0, 0.1) is 5.41 Å². The molecule has 6 heteroatoms. The molecule has 0 aliphatic rings. The molecular formula is C27H36ClN3O2. The SMILES string of the molecule is CC(C)(C)C(=O)NCCCCCc1nc2ccccc2n1CCCCOc1ccc(Cl)cc1. The van der Waals surface area contributed by atoms with Crippen LogP contribution < -0.4 is 10.1 Å². The zero-order chi connectivity index (χ0) is 23.7. The fourth-order valence-electron chi connectivity index (χ4n) is 3.71. The van der Waals surface area contributed by atoms with Gasteiger partial charge in [0.2, 0.25) is 5.91 Å². The van der Waals surface area contributed by atoms with Gasteiger partial charge in [-0.2, -0.15) is 0 Å². The number of nitrogens with zero attached hydrogens (tertiary/aromatic N) is 2. The van der Waals surface area contributed by atoms with Crippen LogP contribution in [0.3, 0.4) is 0 Å². The number of halogens is 1. The lowest BCUT2D eigenvalue weighted by Gasteiger charge is -2.17. The molecule has 2 aromatic carbocycles. The standard InChI is InChI=1S/C27H36ClN3O2/c1-27(2,3)26(32)29-18-8-4-5-13-25-30-23-11-6-7-12-24(23)31(25)19-9-10-20-33-22-16-14-21(28)15-17-22/h6-7,11-12,14-17H,4-5,8-10,13,18-20H2,1-3H3,(H,29,32). The molecule has 0 saturated carbocycles. The largest absolute Gasteiger partial charge is 0.494 e. The number of nitrogens with one attached hydrogen (secondary N) is 1. The first-order valence-electron chi connectivity index (χ1n) is 12.0. The van der Waals surface area contributed by atoms with Crippen LogP contribution in [0.1, 0.15) is 58.7 Å². The minimum absolute atomic E-state index is 0.115. The number of para-hydroxylation sites is 2. The number of carbonyl (C=O) groups excluding carboxylic acids is 1. The van der Waals surface area contributed by atoms with Crippen molar-refractivity contribution in [2.75, 3.05) is 13.2 Å². The van der Waals surface area contributed by atoms with Gasteiger partial charge in [0.1, 0.15) is 11.6 Å². The average molecular weight is 470 g/mol. The Kier molecular flexibility index (Phi) is 9.19. The third-order valence-corrected chi connectivity index (χ3v) is 5.89. The van der Waals surface area contributed by atoms with Gasteiger partial charge in [0.15, 0.2) is 0 Å². The van der Waals surface area contributed by atoms with Crippen molar-refractivity contribution in [3.63, 3.8) is 0 Å². The molecule has 0 aliphatic heterocycles. The van der Waals surface area contributed by atoms with E-state index in [1.54, 1.807) is 0 Å². The number of unbranched alkanes of at least 4 members (excludes halogenated alkanes) is 3. The van der Waals surface area contributed by atoms with Crippen molar-refractivity contribution in [3.8, 4) is 5.75 Å². The molecule has 0 aliphatic carbocycles. The molecule has 33 heavy (non-hydrogen) atoms. The monoisotopic (exact) mass is 469 g/mol. The average Bonchev–Trinajstić information content (AvgIpc) is 3.13. The number of fused-ring (bicyclic) bond motifs is 1. The molecule has 0 saturated heterocycles. The Labute approximate surface area is 202 Å². The molecule has 0 atom stereocenters. The summed E-state index contributed by atoms with van der Waals surface area (Å²) in [4.78, 5) is 16.9. The van der Waals surface area contributed by atoms with Gasteiger partial charge in [-0.05, 0) is 62.1 Å². The summed E-state index contributed by atoms with van der Waals surface area (Å²) in [6.07, 6.45) is 6.08. The minimum atomic E-state index is -0.329. The van der Waals surface area contributed by atoms with Crippen LogP contribution in [0.15, 0.2) is 48.5 Å². The Hall–Kier alpha value is -2.53. The van der Waals surface area contributed by atoms with E-state index in [2.05, 4.69) is 28.1 Å².